The van der Waals surface area contributed by atoms with Gasteiger partial charge in [0.2, 0.25) is 0 Å². The summed E-state index contributed by atoms with van der Waals surface area (Å²) in [6.45, 7) is 6.94. The minimum absolute atomic E-state index is 0.544. The summed E-state index contributed by atoms with van der Waals surface area (Å²) >= 11 is 0. The second-order valence-electron chi connectivity index (χ2n) is 3.76. The summed E-state index contributed by atoms with van der Waals surface area (Å²) in [6.07, 6.45) is 7.08. The number of nitrogens with one attached hydrogen (secondary N) is 1. The van der Waals surface area contributed by atoms with Gasteiger partial charge in [-0.05, 0) is 31.9 Å². The van der Waals surface area contributed by atoms with Crippen molar-refractivity contribution in [2.24, 2.45) is 7.05 Å². The lowest BCUT2D eigenvalue weighted by molar-refractivity contribution is 0.490. The van der Waals surface area contributed by atoms with Crippen LogP contribution in [-0.4, -0.2) is 22.4 Å². The minimum atomic E-state index is 0.544. The molecule has 0 radical (unpaired) electrons. The topological polar surface area (TPSA) is 29.9 Å². The van der Waals surface area contributed by atoms with E-state index in [4.69, 9.17) is 0 Å². The van der Waals surface area contributed by atoms with Crippen LogP contribution in [0.4, 0.5) is 0 Å². The average molecular weight is 207 g/mol. The Morgan fingerprint density at radius 3 is 3.00 bits per heavy atom. The van der Waals surface area contributed by atoms with Crippen LogP contribution in [0.3, 0.4) is 0 Å². The van der Waals surface area contributed by atoms with E-state index in [9.17, 15) is 0 Å². The van der Waals surface area contributed by atoms with E-state index < -0.39 is 0 Å². The van der Waals surface area contributed by atoms with Crippen molar-refractivity contribution in [2.75, 3.05) is 6.54 Å². The van der Waals surface area contributed by atoms with Gasteiger partial charge in [0, 0.05) is 25.0 Å². The van der Waals surface area contributed by atoms with Crippen LogP contribution >= 0.6 is 0 Å². The molecule has 84 valence electrons. The van der Waals surface area contributed by atoms with Crippen molar-refractivity contribution < 1.29 is 0 Å². The Balaban J connectivity index is 2.39. The van der Waals surface area contributed by atoms with Crippen LogP contribution in [-0.2, 0) is 13.5 Å². The number of hydrogen-bond acceptors (Lipinski definition) is 2. The Kier molecular flexibility index (Phi) is 5.12. The SMILES string of the molecule is C=CCC(CCc1ccnn1C)NCC. The van der Waals surface area contributed by atoms with Gasteiger partial charge in [-0.2, -0.15) is 5.10 Å². The van der Waals surface area contributed by atoms with Gasteiger partial charge in [-0.3, -0.25) is 4.68 Å². The van der Waals surface area contributed by atoms with Gasteiger partial charge in [0.25, 0.3) is 0 Å². The molecule has 1 atom stereocenters. The maximum atomic E-state index is 4.16. The highest BCUT2D eigenvalue weighted by Gasteiger charge is 2.06. The van der Waals surface area contributed by atoms with Gasteiger partial charge in [-0.25, -0.2) is 0 Å². The molecule has 1 heterocycles. The number of aryl methyl sites for hydroxylation is 2. The molecule has 0 aliphatic rings. The summed E-state index contributed by atoms with van der Waals surface area (Å²) in [5.74, 6) is 0. The van der Waals surface area contributed by atoms with E-state index in [0.717, 1.165) is 25.8 Å². The summed E-state index contributed by atoms with van der Waals surface area (Å²) in [5, 5.41) is 7.63. The normalized spacial score (nSPS) is 12.7. The van der Waals surface area contributed by atoms with E-state index in [1.165, 1.54) is 5.69 Å². The Morgan fingerprint density at radius 2 is 2.47 bits per heavy atom. The smallest absolute Gasteiger partial charge is 0.0492 e. The summed E-state index contributed by atoms with van der Waals surface area (Å²) in [5.41, 5.74) is 1.29. The molecular weight excluding hydrogens is 186 g/mol. The molecule has 0 aliphatic carbocycles. The summed E-state index contributed by atoms with van der Waals surface area (Å²) in [4.78, 5) is 0. The van der Waals surface area contributed by atoms with Crippen LogP contribution < -0.4 is 5.32 Å². The van der Waals surface area contributed by atoms with Crippen LogP contribution in [0.25, 0.3) is 0 Å². The summed E-state index contributed by atoms with van der Waals surface area (Å²) in [7, 11) is 1.99. The predicted molar refractivity (Wildman–Crippen MR) is 63.8 cm³/mol. The zero-order valence-corrected chi connectivity index (χ0v) is 9.74. The van der Waals surface area contributed by atoms with Crippen molar-refractivity contribution in [3.05, 3.63) is 30.6 Å². The van der Waals surface area contributed by atoms with Gasteiger partial charge < -0.3 is 5.32 Å². The standard InChI is InChI=1S/C12H21N3/c1-4-6-11(13-5-2)7-8-12-9-10-14-15(12)3/h4,9-11,13H,1,5-8H2,2-3H3. The van der Waals surface area contributed by atoms with Crippen molar-refractivity contribution in [1.29, 1.82) is 0 Å². The first-order chi connectivity index (χ1) is 7.27. The van der Waals surface area contributed by atoms with Gasteiger partial charge in [0.1, 0.15) is 0 Å². The highest BCUT2D eigenvalue weighted by Crippen LogP contribution is 2.06. The fraction of sp³-hybridized carbons (Fsp3) is 0.583. The monoisotopic (exact) mass is 207 g/mol. The lowest BCUT2D eigenvalue weighted by atomic mass is 10.1. The summed E-state index contributed by atoms with van der Waals surface area (Å²) in [6, 6.07) is 2.62. The van der Waals surface area contributed by atoms with Gasteiger partial charge in [0.05, 0.1) is 0 Å². The number of hydrogen-bond donors (Lipinski definition) is 1. The van der Waals surface area contributed by atoms with Crippen molar-refractivity contribution in [2.45, 2.75) is 32.2 Å². The molecule has 0 saturated carbocycles. The van der Waals surface area contributed by atoms with E-state index in [1.807, 2.05) is 24.0 Å². The third-order valence-electron chi connectivity index (χ3n) is 2.62. The second kappa shape index (κ2) is 6.40. The Labute approximate surface area is 92.2 Å². The van der Waals surface area contributed by atoms with E-state index >= 15 is 0 Å². The highest BCUT2D eigenvalue weighted by atomic mass is 15.2. The molecule has 1 aromatic heterocycles. The summed E-state index contributed by atoms with van der Waals surface area (Å²) < 4.78 is 1.94. The average Bonchev–Trinajstić information content (AvgIpc) is 2.61. The predicted octanol–water partition coefficient (Wildman–Crippen LogP) is 1.91. The fourth-order valence-corrected chi connectivity index (χ4v) is 1.76. The van der Waals surface area contributed by atoms with Crippen LogP contribution in [0.2, 0.25) is 0 Å². The zero-order valence-electron chi connectivity index (χ0n) is 9.74. The lowest BCUT2D eigenvalue weighted by Gasteiger charge is -2.15. The Morgan fingerprint density at radius 1 is 1.67 bits per heavy atom. The molecule has 0 aliphatic heterocycles. The quantitative estimate of drug-likeness (QED) is 0.692. The lowest BCUT2D eigenvalue weighted by Crippen LogP contribution is -2.28. The molecule has 15 heavy (non-hydrogen) atoms. The van der Waals surface area contributed by atoms with E-state index in [2.05, 4.69) is 30.0 Å². The van der Waals surface area contributed by atoms with Gasteiger partial charge in [-0.1, -0.05) is 13.0 Å². The minimum Gasteiger partial charge on any atom is -0.314 e. The Hall–Kier alpha value is -1.09. The Bertz CT molecular complexity index is 291. The molecule has 0 bridgehead atoms. The number of nitrogens with zero attached hydrogens (tertiary/aromatic N) is 2. The highest BCUT2D eigenvalue weighted by molar-refractivity contribution is 5.00. The maximum Gasteiger partial charge on any atom is 0.0492 e. The molecule has 0 spiro atoms. The van der Waals surface area contributed by atoms with Crippen molar-refractivity contribution in [1.82, 2.24) is 15.1 Å². The zero-order chi connectivity index (χ0) is 11.1. The molecule has 1 aromatic rings. The third kappa shape index (κ3) is 3.88. The fourth-order valence-electron chi connectivity index (χ4n) is 1.76. The molecule has 0 amide bonds. The molecule has 0 saturated heterocycles. The molecule has 1 N–H and O–H groups in total. The number of rotatable bonds is 7. The van der Waals surface area contributed by atoms with Crippen LogP contribution in [0.15, 0.2) is 24.9 Å². The van der Waals surface area contributed by atoms with Gasteiger partial charge in [-0.15, -0.1) is 6.58 Å². The number of aromatic nitrogens is 2. The molecular formula is C12H21N3. The molecule has 1 unspecified atom stereocenters. The molecule has 0 fully saturated rings. The van der Waals surface area contributed by atoms with E-state index in [-0.39, 0.29) is 0 Å². The van der Waals surface area contributed by atoms with Gasteiger partial charge >= 0.3 is 0 Å². The first-order valence-corrected chi connectivity index (χ1v) is 5.59. The molecule has 3 heteroatoms. The van der Waals surface area contributed by atoms with E-state index in [0.29, 0.717) is 6.04 Å². The molecule has 0 aromatic carbocycles. The van der Waals surface area contributed by atoms with Crippen LogP contribution in [0, 0.1) is 0 Å². The molecule has 3 nitrogen and oxygen atoms in total. The van der Waals surface area contributed by atoms with Crippen molar-refractivity contribution >= 4 is 0 Å². The second-order valence-corrected chi connectivity index (χ2v) is 3.76. The van der Waals surface area contributed by atoms with Crippen molar-refractivity contribution in [3.8, 4) is 0 Å². The molecule has 1 rings (SSSR count). The van der Waals surface area contributed by atoms with Gasteiger partial charge in [0.15, 0.2) is 0 Å². The van der Waals surface area contributed by atoms with E-state index in [1.54, 1.807) is 0 Å². The first-order valence-electron chi connectivity index (χ1n) is 5.59. The van der Waals surface area contributed by atoms with Crippen molar-refractivity contribution in [3.63, 3.8) is 0 Å². The van der Waals surface area contributed by atoms with Crippen LogP contribution in [0.5, 0.6) is 0 Å². The largest absolute Gasteiger partial charge is 0.314 e. The third-order valence-corrected chi connectivity index (χ3v) is 2.62. The maximum absolute atomic E-state index is 4.16. The van der Waals surface area contributed by atoms with Crippen LogP contribution in [0.1, 0.15) is 25.5 Å². The first kappa shape index (κ1) is 12.0.